The third-order valence-electron chi connectivity index (χ3n) is 2.82. The van der Waals surface area contributed by atoms with E-state index in [4.69, 9.17) is 17.0 Å². The molecule has 5 nitrogen and oxygen atoms in total. The number of aromatic nitrogens is 2. The van der Waals surface area contributed by atoms with E-state index < -0.39 is 5.97 Å². The first-order valence-corrected chi connectivity index (χ1v) is 6.04. The molecule has 0 atom stereocenters. The third kappa shape index (κ3) is 2.31. The first-order chi connectivity index (χ1) is 8.13. The summed E-state index contributed by atoms with van der Waals surface area (Å²) in [5.41, 5.74) is 1.51. The quantitative estimate of drug-likeness (QED) is 0.644. The van der Waals surface area contributed by atoms with Crippen LogP contribution in [-0.4, -0.2) is 22.1 Å². The Balaban J connectivity index is 2.39. The third-order valence-corrected chi connectivity index (χ3v) is 3.14. The lowest BCUT2D eigenvalue weighted by molar-refractivity contribution is -0.143. The van der Waals surface area contributed by atoms with Crippen molar-refractivity contribution in [2.45, 2.75) is 32.7 Å². The SMILES string of the molecule is CCOC(=O)Cn1c(=S)[nH]c2c(c1=O)CCC2. The van der Waals surface area contributed by atoms with E-state index in [2.05, 4.69) is 4.98 Å². The fourth-order valence-corrected chi connectivity index (χ4v) is 2.32. The van der Waals surface area contributed by atoms with Crippen LogP contribution in [0.25, 0.3) is 0 Å². The average Bonchev–Trinajstić information content (AvgIpc) is 2.72. The highest BCUT2D eigenvalue weighted by Crippen LogP contribution is 2.15. The zero-order valence-corrected chi connectivity index (χ0v) is 10.4. The second-order valence-electron chi connectivity index (χ2n) is 3.94. The number of carbonyl (C=O) groups excluding carboxylic acids is 1. The van der Waals surface area contributed by atoms with Crippen LogP contribution in [0.4, 0.5) is 0 Å². The van der Waals surface area contributed by atoms with Crippen molar-refractivity contribution >= 4 is 18.2 Å². The Kier molecular flexibility index (Phi) is 3.42. The van der Waals surface area contributed by atoms with Gasteiger partial charge < -0.3 is 9.72 Å². The number of H-pyrrole nitrogens is 1. The van der Waals surface area contributed by atoms with Gasteiger partial charge in [-0.3, -0.25) is 14.2 Å². The fraction of sp³-hybridized carbons (Fsp3) is 0.545. The number of carbonyl (C=O) groups is 1. The summed E-state index contributed by atoms with van der Waals surface area (Å²) in [5.74, 6) is -0.438. The smallest absolute Gasteiger partial charge is 0.326 e. The van der Waals surface area contributed by atoms with Crippen LogP contribution < -0.4 is 5.56 Å². The van der Waals surface area contributed by atoms with E-state index >= 15 is 0 Å². The van der Waals surface area contributed by atoms with Gasteiger partial charge in [-0.05, 0) is 38.4 Å². The first-order valence-electron chi connectivity index (χ1n) is 5.64. The van der Waals surface area contributed by atoms with Crippen molar-refractivity contribution in [3.8, 4) is 0 Å². The molecule has 1 aliphatic carbocycles. The summed E-state index contributed by atoms with van der Waals surface area (Å²) in [7, 11) is 0. The molecule has 1 aromatic rings. The number of fused-ring (bicyclic) bond motifs is 1. The van der Waals surface area contributed by atoms with Crippen LogP contribution >= 0.6 is 12.2 Å². The van der Waals surface area contributed by atoms with Gasteiger partial charge in [0, 0.05) is 11.3 Å². The summed E-state index contributed by atoms with van der Waals surface area (Å²) < 4.78 is 6.39. The molecule has 0 saturated heterocycles. The van der Waals surface area contributed by atoms with Crippen LogP contribution in [0.3, 0.4) is 0 Å². The number of hydrogen-bond acceptors (Lipinski definition) is 4. The molecule has 0 saturated carbocycles. The summed E-state index contributed by atoms with van der Waals surface area (Å²) in [6.07, 6.45) is 2.57. The Labute approximate surface area is 103 Å². The van der Waals surface area contributed by atoms with Gasteiger partial charge in [-0.2, -0.15) is 0 Å². The van der Waals surface area contributed by atoms with E-state index in [0.717, 1.165) is 30.5 Å². The van der Waals surface area contributed by atoms with Gasteiger partial charge in [0.1, 0.15) is 6.54 Å². The topological polar surface area (TPSA) is 64.1 Å². The lowest BCUT2D eigenvalue weighted by Crippen LogP contribution is -2.29. The van der Waals surface area contributed by atoms with Crippen LogP contribution in [0.5, 0.6) is 0 Å². The van der Waals surface area contributed by atoms with E-state index in [9.17, 15) is 9.59 Å². The number of hydrogen-bond donors (Lipinski definition) is 1. The number of ether oxygens (including phenoxy) is 1. The second kappa shape index (κ2) is 4.83. The molecule has 1 aromatic heterocycles. The van der Waals surface area contributed by atoms with Crippen LogP contribution in [0.1, 0.15) is 24.6 Å². The van der Waals surface area contributed by atoms with Crippen molar-refractivity contribution in [3.63, 3.8) is 0 Å². The van der Waals surface area contributed by atoms with Crippen molar-refractivity contribution < 1.29 is 9.53 Å². The second-order valence-corrected chi connectivity index (χ2v) is 4.32. The van der Waals surface area contributed by atoms with Crippen molar-refractivity contribution in [3.05, 3.63) is 26.4 Å². The van der Waals surface area contributed by atoms with Gasteiger partial charge in [-0.1, -0.05) is 0 Å². The fourth-order valence-electron chi connectivity index (χ4n) is 2.05. The Morgan fingerprint density at radius 1 is 1.53 bits per heavy atom. The largest absolute Gasteiger partial charge is 0.465 e. The molecule has 0 spiro atoms. The predicted octanol–water partition coefficient (Wildman–Crippen LogP) is 0.958. The average molecular weight is 254 g/mol. The Morgan fingerprint density at radius 2 is 2.29 bits per heavy atom. The first kappa shape index (κ1) is 12.0. The molecule has 6 heteroatoms. The molecule has 0 aliphatic heterocycles. The molecule has 17 heavy (non-hydrogen) atoms. The Hall–Kier alpha value is -1.43. The van der Waals surface area contributed by atoms with E-state index in [1.165, 1.54) is 4.57 Å². The molecule has 2 rings (SSSR count). The molecule has 0 unspecified atom stereocenters. The van der Waals surface area contributed by atoms with Crippen molar-refractivity contribution in [2.24, 2.45) is 0 Å². The molecule has 0 aromatic carbocycles. The number of nitrogens with one attached hydrogen (secondary N) is 1. The molecule has 0 amide bonds. The van der Waals surface area contributed by atoms with Gasteiger partial charge in [0.25, 0.3) is 5.56 Å². The minimum atomic E-state index is -0.438. The van der Waals surface area contributed by atoms with Crippen molar-refractivity contribution in [1.29, 1.82) is 0 Å². The maximum Gasteiger partial charge on any atom is 0.326 e. The van der Waals surface area contributed by atoms with Crippen LogP contribution in [0.2, 0.25) is 0 Å². The van der Waals surface area contributed by atoms with Gasteiger partial charge in [-0.25, -0.2) is 0 Å². The Morgan fingerprint density at radius 3 is 3.00 bits per heavy atom. The summed E-state index contributed by atoms with van der Waals surface area (Å²) in [5, 5.41) is 0. The number of rotatable bonds is 3. The molecule has 92 valence electrons. The minimum absolute atomic E-state index is 0.116. The summed E-state index contributed by atoms with van der Waals surface area (Å²) in [4.78, 5) is 26.5. The van der Waals surface area contributed by atoms with Crippen molar-refractivity contribution in [1.82, 2.24) is 9.55 Å². The van der Waals surface area contributed by atoms with Crippen LogP contribution in [0, 0.1) is 4.77 Å². The summed E-state index contributed by atoms with van der Waals surface area (Å²) in [6.45, 7) is 1.91. The van der Waals surface area contributed by atoms with Gasteiger partial charge in [0.2, 0.25) is 0 Å². The maximum atomic E-state index is 12.1. The van der Waals surface area contributed by atoms with Gasteiger partial charge in [-0.15, -0.1) is 0 Å². The van der Waals surface area contributed by atoms with Gasteiger partial charge >= 0.3 is 5.97 Å². The Bertz CT molecular complexity index is 559. The maximum absolute atomic E-state index is 12.1. The highest BCUT2D eigenvalue weighted by Gasteiger charge is 2.18. The molecule has 0 radical (unpaired) electrons. The molecule has 0 fully saturated rings. The van der Waals surface area contributed by atoms with Crippen LogP contribution in [-0.2, 0) is 28.9 Å². The highest BCUT2D eigenvalue weighted by atomic mass is 32.1. The summed E-state index contributed by atoms with van der Waals surface area (Å²) in [6, 6.07) is 0. The monoisotopic (exact) mass is 254 g/mol. The molecule has 1 heterocycles. The molecule has 1 N–H and O–H groups in total. The van der Waals surface area contributed by atoms with Gasteiger partial charge in [0.05, 0.1) is 6.61 Å². The molecule has 1 aliphatic rings. The van der Waals surface area contributed by atoms with E-state index in [1.54, 1.807) is 6.92 Å². The number of nitrogens with zero attached hydrogens (tertiary/aromatic N) is 1. The predicted molar refractivity (Wildman–Crippen MR) is 64.5 cm³/mol. The van der Waals surface area contributed by atoms with E-state index in [0.29, 0.717) is 11.4 Å². The molecular weight excluding hydrogens is 240 g/mol. The lowest BCUT2D eigenvalue weighted by Gasteiger charge is -2.08. The van der Waals surface area contributed by atoms with Crippen molar-refractivity contribution in [2.75, 3.05) is 6.61 Å². The van der Waals surface area contributed by atoms with Crippen LogP contribution in [0.15, 0.2) is 4.79 Å². The minimum Gasteiger partial charge on any atom is -0.465 e. The number of esters is 1. The standard InChI is InChI=1S/C11H14N2O3S/c1-2-16-9(14)6-13-10(15)7-4-3-5-8(7)12-11(13)17/h2-6H2,1H3,(H,12,17). The zero-order valence-electron chi connectivity index (χ0n) is 9.62. The highest BCUT2D eigenvalue weighted by molar-refractivity contribution is 7.71. The van der Waals surface area contributed by atoms with Gasteiger partial charge in [0.15, 0.2) is 4.77 Å². The van der Waals surface area contributed by atoms with E-state index in [1.807, 2.05) is 0 Å². The number of aromatic amines is 1. The zero-order chi connectivity index (χ0) is 12.4. The molecular formula is C11H14N2O3S. The lowest BCUT2D eigenvalue weighted by atomic mass is 10.2. The normalized spacial score (nSPS) is 13.5. The van der Waals surface area contributed by atoms with E-state index in [-0.39, 0.29) is 12.1 Å². The summed E-state index contributed by atoms with van der Waals surface area (Å²) >= 11 is 5.08. The molecule has 0 bridgehead atoms. The number of aryl methyl sites for hydroxylation is 1.